The molecule has 1 unspecified atom stereocenters. The molecule has 1 atom stereocenters. The van der Waals surface area contributed by atoms with E-state index in [2.05, 4.69) is 5.32 Å². The van der Waals surface area contributed by atoms with E-state index >= 15 is 0 Å². The molecule has 0 rings (SSSR count). The van der Waals surface area contributed by atoms with Crippen LogP contribution >= 0.6 is 0 Å². The van der Waals surface area contributed by atoms with E-state index in [9.17, 15) is 5.11 Å². The summed E-state index contributed by atoms with van der Waals surface area (Å²) in [6.07, 6.45) is 0. The van der Waals surface area contributed by atoms with Gasteiger partial charge in [0.2, 0.25) is 0 Å². The van der Waals surface area contributed by atoms with Crippen LogP contribution in [-0.2, 0) is 4.74 Å². The summed E-state index contributed by atoms with van der Waals surface area (Å²) in [4.78, 5) is 0. The van der Waals surface area contributed by atoms with Gasteiger partial charge < -0.3 is 15.2 Å². The molecular formula is C9H21NO2. The molecule has 0 aliphatic heterocycles. The Hall–Kier alpha value is -0.120. The number of ether oxygens (including phenoxy) is 1. The van der Waals surface area contributed by atoms with Crippen molar-refractivity contribution in [2.45, 2.75) is 26.4 Å². The molecule has 0 saturated heterocycles. The van der Waals surface area contributed by atoms with Gasteiger partial charge in [0.1, 0.15) is 5.60 Å². The van der Waals surface area contributed by atoms with Crippen LogP contribution in [0, 0.1) is 5.92 Å². The maximum atomic E-state index is 10.0. The van der Waals surface area contributed by atoms with Crippen molar-refractivity contribution in [1.29, 1.82) is 0 Å². The average molecular weight is 175 g/mol. The number of aliphatic hydroxyl groups is 1. The zero-order valence-electron chi connectivity index (χ0n) is 8.55. The molecular weight excluding hydrogens is 154 g/mol. The van der Waals surface area contributed by atoms with Gasteiger partial charge in [-0.2, -0.15) is 0 Å². The Labute approximate surface area is 75.1 Å². The summed E-state index contributed by atoms with van der Waals surface area (Å²) >= 11 is 0. The Kier molecular flexibility index (Phi) is 5.46. The number of nitrogens with one attached hydrogen (secondary N) is 1. The Morgan fingerprint density at radius 1 is 1.50 bits per heavy atom. The van der Waals surface area contributed by atoms with Gasteiger partial charge >= 0.3 is 0 Å². The molecule has 3 heteroatoms. The Morgan fingerprint density at radius 2 is 2.08 bits per heavy atom. The first-order chi connectivity index (χ1) is 5.56. The molecule has 0 saturated carbocycles. The molecule has 2 N–H and O–H groups in total. The summed E-state index contributed by atoms with van der Waals surface area (Å²) in [6, 6.07) is 0. The second kappa shape index (κ2) is 5.51. The fourth-order valence-corrected chi connectivity index (χ4v) is 1.01. The van der Waals surface area contributed by atoms with E-state index in [1.54, 1.807) is 7.11 Å². The van der Waals surface area contributed by atoms with Crippen LogP contribution in [0.4, 0.5) is 0 Å². The van der Waals surface area contributed by atoms with Gasteiger partial charge in [0.15, 0.2) is 0 Å². The highest BCUT2D eigenvalue weighted by Crippen LogP contribution is 2.15. The lowest BCUT2D eigenvalue weighted by atomic mass is 9.91. The molecule has 0 spiro atoms. The molecule has 0 aliphatic carbocycles. The van der Waals surface area contributed by atoms with Crippen molar-refractivity contribution in [3.63, 3.8) is 0 Å². The second-order valence-corrected chi connectivity index (χ2v) is 3.47. The molecule has 12 heavy (non-hydrogen) atoms. The van der Waals surface area contributed by atoms with Crippen molar-refractivity contribution in [3.05, 3.63) is 0 Å². The lowest BCUT2D eigenvalue weighted by Gasteiger charge is -2.31. The van der Waals surface area contributed by atoms with E-state index in [0.29, 0.717) is 13.2 Å². The molecule has 0 radical (unpaired) electrons. The number of hydrogen-bond acceptors (Lipinski definition) is 3. The standard InChI is InChI=1S/C9H21NO2/c1-5-10-6-9(11,7-12-4)8(2)3/h8,10-11H,5-7H2,1-4H3. The van der Waals surface area contributed by atoms with E-state index in [1.165, 1.54) is 0 Å². The number of methoxy groups -OCH3 is 1. The molecule has 0 amide bonds. The fraction of sp³-hybridized carbons (Fsp3) is 1.00. The first-order valence-electron chi connectivity index (χ1n) is 4.49. The minimum Gasteiger partial charge on any atom is -0.386 e. The lowest BCUT2D eigenvalue weighted by molar-refractivity contribution is -0.0621. The summed E-state index contributed by atoms with van der Waals surface area (Å²) in [5.74, 6) is 0.205. The molecule has 0 aliphatic rings. The van der Waals surface area contributed by atoms with Gasteiger partial charge in [-0.1, -0.05) is 20.8 Å². The minimum absolute atomic E-state index is 0.205. The summed E-state index contributed by atoms with van der Waals surface area (Å²) in [5.41, 5.74) is -0.731. The quantitative estimate of drug-likeness (QED) is 0.622. The normalized spacial score (nSPS) is 16.5. The lowest BCUT2D eigenvalue weighted by Crippen LogP contribution is -2.48. The molecule has 0 bridgehead atoms. The van der Waals surface area contributed by atoms with Gasteiger partial charge in [-0.25, -0.2) is 0 Å². The number of hydrogen-bond donors (Lipinski definition) is 2. The zero-order chi connectivity index (χ0) is 9.61. The van der Waals surface area contributed by atoms with Gasteiger partial charge in [0, 0.05) is 13.7 Å². The highest BCUT2D eigenvalue weighted by molar-refractivity contribution is 4.83. The summed E-state index contributed by atoms with van der Waals surface area (Å²) < 4.78 is 4.98. The van der Waals surface area contributed by atoms with E-state index in [-0.39, 0.29) is 5.92 Å². The van der Waals surface area contributed by atoms with Crippen LogP contribution < -0.4 is 5.32 Å². The van der Waals surface area contributed by atoms with Gasteiger partial charge in [0.25, 0.3) is 0 Å². The monoisotopic (exact) mass is 175 g/mol. The topological polar surface area (TPSA) is 41.5 Å². The largest absolute Gasteiger partial charge is 0.386 e. The van der Waals surface area contributed by atoms with E-state index in [0.717, 1.165) is 6.54 Å². The first kappa shape index (κ1) is 11.9. The molecule has 74 valence electrons. The summed E-state index contributed by atoms with van der Waals surface area (Å²) in [6.45, 7) is 7.87. The molecule has 0 fully saturated rings. The van der Waals surface area contributed by atoms with Gasteiger partial charge in [-0.3, -0.25) is 0 Å². The highest BCUT2D eigenvalue weighted by Gasteiger charge is 2.30. The molecule has 0 heterocycles. The Bertz CT molecular complexity index is 117. The Balaban J connectivity index is 3.99. The van der Waals surface area contributed by atoms with Crippen molar-refractivity contribution in [2.75, 3.05) is 26.8 Å². The van der Waals surface area contributed by atoms with Crippen molar-refractivity contribution >= 4 is 0 Å². The highest BCUT2D eigenvalue weighted by atomic mass is 16.5. The van der Waals surface area contributed by atoms with Gasteiger partial charge in [0.05, 0.1) is 6.61 Å². The minimum atomic E-state index is -0.731. The average Bonchev–Trinajstić information content (AvgIpc) is 2.01. The summed E-state index contributed by atoms with van der Waals surface area (Å²) in [7, 11) is 1.61. The van der Waals surface area contributed by atoms with Gasteiger partial charge in [-0.05, 0) is 12.5 Å². The predicted molar refractivity (Wildman–Crippen MR) is 50.2 cm³/mol. The third-order valence-electron chi connectivity index (χ3n) is 2.15. The fourth-order valence-electron chi connectivity index (χ4n) is 1.01. The van der Waals surface area contributed by atoms with Crippen molar-refractivity contribution in [1.82, 2.24) is 5.32 Å². The van der Waals surface area contributed by atoms with Crippen LogP contribution in [0.5, 0.6) is 0 Å². The van der Waals surface area contributed by atoms with E-state index in [4.69, 9.17) is 4.74 Å². The molecule has 3 nitrogen and oxygen atoms in total. The first-order valence-corrected chi connectivity index (χ1v) is 4.49. The van der Waals surface area contributed by atoms with E-state index in [1.807, 2.05) is 20.8 Å². The molecule has 0 aromatic carbocycles. The SMILES string of the molecule is CCNCC(O)(COC)C(C)C. The number of rotatable bonds is 6. The van der Waals surface area contributed by atoms with Gasteiger partial charge in [-0.15, -0.1) is 0 Å². The maximum absolute atomic E-state index is 10.0. The molecule has 0 aromatic heterocycles. The zero-order valence-corrected chi connectivity index (χ0v) is 8.55. The molecule has 0 aromatic rings. The maximum Gasteiger partial charge on any atom is 0.103 e. The smallest absolute Gasteiger partial charge is 0.103 e. The van der Waals surface area contributed by atoms with Crippen molar-refractivity contribution in [3.8, 4) is 0 Å². The van der Waals surface area contributed by atoms with Crippen LogP contribution in [0.15, 0.2) is 0 Å². The van der Waals surface area contributed by atoms with Crippen LogP contribution in [0.25, 0.3) is 0 Å². The van der Waals surface area contributed by atoms with Crippen LogP contribution in [-0.4, -0.2) is 37.5 Å². The Morgan fingerprint density at radius 3 is 2.42 bits per heavy atom. The number of likely N-dealkylation sites (N-methyl/N-ethyl adjacent to an activating group) is 1. The third kappa shape index (κ3) is 3.52. The predicted octanol–water partition coefficient (Wildman–Crippen LogP) is 0.629. The summed E-state index contributed by atoms with van der Waals surface area (Å²) in [5, 5.41) is 13.2. The second-order valence-electron chi connectivity index (χ2n) is 3.47. The van der Waals surface area contributed by atoms with Crippen LogP contribution in [0.3, 0.4) is 0 Å². The van der Waals surface area contributed by atoms with E-state index < -0.39 is 5.60 Å². The van der Waals surface area contributed by atoms with Crippen molar-refractivity contribution in [2.24, 2.45) is 5.92 Å². The third-order valence-corrected chi connectivity index (χ3v) is 2.15. The van der Waals surface area contributed by atoms with Crippen molar-refractivity contribution < 1.29 is 9.84 Å². The van der Waals surface area contributed by atoms with Crippen LogP contribution in [0.2, 0.25) is 0 Å². The van der Waals surface area contributed by atoms with Crippen LogP contribution in [0.1, 0.15) is 20.8 Å².